The molecule has 138 valence electrons. The molecule has 1 atom stereocenters. The first-order valence-electron chi connectivity index (χ1n) is 9.03. The van der Waals surface area contributed by atoms with Crippen molar-refractivity contribution in [2.24, 2.45) is 0 Å². The Hall–Kier alpha value is -2.55. The van der Waals surface area contributed by atoms with Crippen molar-refractivity contribution in [3.63, 3.8) is 0 Å². The van der Waals surface area contributed by atoms with Crippen molar-refractivity contribution < 1.29 is 9.84 Å². The third-order valence-electron chi connectivity index (χ3n) is 4.42. The third kappa shape index (κ3) is 5.00. The third-order valence-corrected chi connectivity index (χ3v) is 4.58. The van der Waals surface area contributed by atoms with Gasteiger partial charge in [-0.15, -0.1) is 11.6 Å². The molecule has 0 bridgehead atoms. The van der Waals surface area contributed by atoms with E-state index in [1.807, 2.05) is 36.4 Å². The van der Waals surface area contributed by atoms with E-state index in [1.54, 1.807) is 0 Å². The molecule has 27 heavy (non-hydrogen) atoms. The summed E-state index contributed by atoms with van der Waals surface area (Å²) < 4.78 is 5.50. The number of allylic oxidation sites excluding steroid dienone is 2. The van der Waals surface area contributed by atoms with Gasteiger partial charge in [-0.2, -0.15) is 0 Å². The van der Waals surface area contributed by atoms with Gasteiger partial charge >= 0.3 is 0 Å². The first-order valence-corrected chi connectivity index (χ1v) is 9.57. The summed E-state index contributed by atoms with van der Waals surface area (Å²) in [6.07, 6.45) is 2.09. The van der Waals surface area contributed by atoms with Crippen molar-refractivity contribution in [3.05, 3.63) is 108 Å². The van der Waals surface area contributed by atoms with E-state index in [-0.39, 0.29) is 12.5 Å². The highest BCUT2D eigenvalue weighted by atomic mass is 35.5. The van der Waals surface area contributed by atoms with Gasteiger partial charge in [0.05, 0.1) is 6.61 Å². The number of aliphatic hydroxyl groups is 1. The normalized spacial score (nSPS) is 12.6. The van der Waals surface area contributed by atoms with E-state index in [2.05, 4.69) is 54.6 Å². The Labute approximate surface area is 165 Å². The summed E-state index contributed by atoms with van der Waals surface area (Å²) >= 11 is 6.13. The summed E-state index contributed by atoms with van der Waals surface area (Å²) in [7, 11) is 0. The molecular formula is C24H23ClO2. The van der Waals surface area contributed by atoms with Crippen LogP contribution in [0.1, 0.15) is 22.6 Å². The molecule has 0 saturated carbocycles. The van der Waals surface area contributed by atoms with Crippen molar-refractivity contribution in [1.82, 2.24) is 0 Å². The number of halogens is 1. The van der Waals surface area contributed by atoms with Crippen molar-refractivity contribution >= 4 is 17.2 Å². The van der Waals surface area contributed by atoms with Gasteiger partial charge in [-0.25, -0.2) is 0 Å². The first kappa shape index (κ1) is 19.2. The lowest BCUT2D eigenvalue weighted by Gasteiger charge is -2.23. The van der Waals surface area contributed by atoms with Gasteiger partial charge in [-0.3, -0.25) is 0 Å². The van der Waals surface area contributed by atoms with E-state index < -0.39 is 0 Å². The Morgan fingerprint density at radius 1 is 0.852 bits per heavy atom. The summed E-state index contributed by atoms with van der Waals surface area (Å²) in [5, 5.41) is 8.93. The Bertz CT molecular complexity index is 843. The highest BCUT2D eigenvalue weighted by Gasteiger charge is 2.20. The summed E-state index contributed by atoms with van der Waals surface area (Å²) in [6.45, 7) is 0.299. The minimum Gasteiger partial charge on any atom is -0.491 e. The quantitative estimate of drug-likeness (QED) is 0.523. The van der Waals surface area contributed by atoms with E-state index >= 15 is 0 Å². The highest BCUT2D eigenvalue weighted by Crippen LogP contribution is 2.38. The van der Waals surface area contributed by atoms with Crippen molar-refractivity contribution in [3.8, 4) is 5.75 Å². The molecule has 3 aromatic rings. The average molecular weight is 379 g/mol. The number of benzene rings is 3. The monoisotopic (exact) mass is 378 g/mol. The van der Waals surface area contributed by atoms with Gasteiger partial charge in [-0.1, -0.05) is 78.9 Å². The molecule has 3 aromatic carbocycles. The topological polar surface area (TPSA) is 29.5 Å². The van der Waals surface area contributed by atoms with Crippen molar-refractivity contribution in [2.45, 2.75) is 5.92 Å². The van der Waals surface area contributed by atoms with Crippen LogP contribution in [-0.4, -0.2) is 24.2 Å². The largest absolute Gasteiger partial charge is 0.491 e. The van der Waals surface area contributed by atoms with E-state index in [4.69, 9.17) is 21.4 Å². The predicted octanol–water partition coefficient (Wildman–Crippen LogP) is 5.51. The zero-order valence-corrected chi connectivity index (χ0v) is 15.8. The molecule has 0 aliphatic rings. The van der Waals surface area contributed by atoms with Crippen LogP contribution >= 0.6 is 11.6 Å². The fourth-order valence-corrected chi connectivity index (χ4v) is 3.40. The van der Waals surface area contributed by atoms with Crippen LogP contribution in [-0.2, 0) is 0 Å². The Balaban J connectivity index is 2.05. The number of ether oxygens (including phenoxy) is 1. The van der Waals surface area contributed by atoms with Gasteiger partial charge in [0, 0.05) is 11.8 Å². The molecule has 0 saturated heterocycles. The molecule has 0 heterocycles. The lowest BCUT2D eigenvalue weighted by molar-refractivity contribution is 0.201. The minimum atomic E-state index is 0.00497. The molecule has 0 radical (unpaired) electrons. The second-order valence-electron chi connectivity index (χ2n) is 6.16. The summed E-state index contributed by atoms with van der Waals surface area (Å²) in [6, 6.07) is 28.8. The molecule has 0 aliphatic carbocycles. The lowest BCUT2D eigenvalue weighted by Crippen LogP contribution is -2.06. The average Bonchev–Trinajstić information content (AvgIpc) is 2.74. The molecule has 1 unspecified atom stereocenters. The first-order chi connectivity index (χ1) is 13.3. The van der Waals surface area contributed by atoms with E-state index in [1.165, 1.54) is 11.1 Å². The van der Waals surface area contributed by atoms with Crippen LogP contribution in [0.3, 0.4) is 0 Å². The fourth-order valence-electron chi connectivity index (χ4n) is 3.23. The zero-order valence-electron chi connectivity index (χ0n) is 15.1. The smallest absolute Gasteiger partial charge is 0.119 e. The molecule has 0 spiro atoms. The Morgan fingerprint density at radius 3 is 2.04 bits per heavy atom. The number of hydrogen-bond donors (Lipinski definition) is 1. The maximum absolute atomic E-state index is 8.93. The van der Waals surface area contributed by atoms with Crippen LogP contribution in [0, 0.1) is 0 Å². The number of rotatable bonds is 8. The molecule has 0 amide bonds. The summed E-state index contributed by atoms with van der Waals surface area (Å²) in [5.74, 6) is 1.27. The molecule has 0 fully saturated rings. The van der Waals surface area contributed by atoms with Crippen molar-refractivity contribution in [2.75, 3.05) is 19.1 Å². The van der Waals surface area contributed by atoms with Crippen LogP contribution in [0.5, 0.6) is 5.75 Å². The number of aliphatic hydroxyl groups excluding tert-OH is 1. The maximum Gasteiger partial charge on any atom is 0.119 e. The molecular weight excluding hydrogens is 356 g/mol. The zero-order chi connectivity index (χ0) is 18.9. The molecule has 0 aliphatic heterocycles. The highest BCUT2D eigenvalue weighted by molar-refractivity contribution is 6.19. The van der Waals surface area contributed by atoms with Gasteiger partial charge in [0.2, 0.25) is 0 Å². The van der Waals surface area contributed by atoms with E-state index in [9.17, 15) is 0 Å². The van der Waals surface area contributed by atoms with Crippen LogP contribution < -0.4 is 4.74 Å². The summed E-state index contributed by atoms with van der Waals surface area (Å²) in [5.41, 5.74) is 4.72. The van der Waals surface area contributed by atoms with Gasteiger partial charge in [-0.05, 0) is 34.4 Å². The molecule has 0 aromatic heterocycles. The minimum absolute atomic E-state index is 0.00497. The predicted molar refractivity (Wildman–Crippen MR) is 112 cm³/mol. The van der Waals surface area contributed by atoms with Crippen LogP contribution in [0.25, 0.3) is 5.57 Å². The molecule has 3 rings (SSSR count). The SMILES string of the molecule is OCCOc1ccc(C(/C(=C/CCl)c2ccccc2)c2ccccc2)cc1. The second-order valence-corrected chi connectivity index (χ2v) is 6.47. The van der Waals surface area contributed by atoms with Gasteiger partial charge in [0.15, 0.2) is 0 Å². The van der Waals surface area contributed by atoms with Gasteiger partial charge in [0.25, 0.3) is 0 Å². The van der Waals surface area contributed by atoms with Crippen LogP contribution in [0.15, 0.2) is 91.0 Å². The second kappa shape index (κ2) is 9.96. The van der Waals surface area contributed by atoms with E-state index in [0.717, 1.165) is 16.9 Å². The Kier molecular flexibility index (Phi) is 7.09. The van der Waals surface area contributed by atoms with Gasteiger partial charge < -0.3 is 9.84 Å². The van der Waals surface area contributed by atoms with E-state index in [0.29, 0.717) is 12.5 Å². The summed E-state index contributed by atoms with van der Waals surface area (Å²) in [4.78, 5) is 0. The molecule has 1 N–H and O–H groups in total. The van der Waals surface area contributed by atoms with Crippen LogP contribution in [0.4, 0.5) is 0 Å². The molecule has 2 nitrogen and oxygen atoms in total. The van der Waals surface area contributed by atoms with Crippen LogP contribution in [0.2, 0.25) is 0 Å². The number of hydrogen-bond acceptors (Lipinski definition) is 2. The molecule has 3 heteroatoms. The lowest BCUT2D eigenvalue weighted by atomic mass is 9.81. The van der Waals surface area contributed by atoms with Crippen molar-refractivity contribution in [1.29, 1.82) is 0 Å². The van der Waals surface area contributed by atoms with Gasteiger partial charge in [0.1, 0.15) is 12.4 Å². The fraction of sp³-hybridized carbons (Fsp3) is 0.167. The number of alkyl halides is 1. The Morgan fingerprint density at radius 2 is 1.44 bits per heavy atom. The maximum atomic E-state index is 8.93. The standard InChI is InChI=1S/C24H23ClO2/c25-16-15-23(19-7-3-1-4-8-19)24(20-9-5-2-6-10-20)21-11-13-22(14-12-21)27-18-17-26/h1-15,24,26H,16-18H2/b23-15+.